The number of hydrogen-bond acceptors (Lipinski definition) is 0. The van der Waals surface area contributed by atoms with Gasteiger partial charge in [-0.15, -0.1) is 0 Å². The first kappa shape index (κ1) is 8.76. The average Bonchev–Trinajstić information content (AvgIpc) is 2.71. The minimum Gasteiger partial charge on any atom is -0.0995 e. The molecule has 3 aliphatic carbocycles. The molecule has 3 rings (SSSR count). The van der Waals surface area contributed by atoms with E-state index in [1.54, 1.807) is 11.1 Å². The summed E-state index contributed by atoms with van der Waals surface area (Å²) in [5, 5.41) is 0. The van der Waals surface area contributed by atoms with Crippen molar-refractivity contribution >= 4 is 0 Å². The van der Waals surface area contributed by atoms with Crippen LogP contribution in [0.1, 0.15) is 26.7 Å². The fraction of sp³-hybridized carbons (Fsp3) is 0.714. The van der Waals surface area contributed by atoms with Crippen LogP contribution in [0.3, 0.4) is 0 Å². The maximum Gasteiger partial charge on any atom is -0.0135 e. The molecule has 14 heavy (non-hydrogen) atoms. The zero-order valence-corrected chi connectivity index (χ0v) is 9.29. The summed E-state index contributed by atoms with van der Waals surface area (Å²) in [5.41, 5.74) is 3.10. The smallest absolute Gasteiger partial charge is 0.0135 e. The molecule has 0 heterocycles. The van der Waals surface area contributed by atoms with E-state index in [0.717, 1.165) is 35.5 Å². The monoisotopic (exact) mass is 188 g/mol. The largest absolute Gasteiger partial charge is 0.0995 e. The quantitative estimate of drug-likeness (QED) is 0.509. The molecule has 6 atom stereocenters. The molecule has 0 aliphatic heterocycles. The minimum atomic E-state index is 0.767. The highest BCUT2D eigenvalue weighted by atomic mass is 14.6. The van der Waals surface area contributed by atoms with Crippen molar-refractivity contribution in [3.8, 4) is 0 Å². The fourth-order valence-corrected chi connectivity index (χ4v) is 4.67. The second kappa shape index (κ2) is 2.53. The SMILES string of the molecule is C=C1C(C)C2CC1C1C(C)CC(=C)C21. The van der Waals surface area contributed by atoms with Gasteiger partial charge < -0.3 is 0 Å². The van der Waals surface area contributed by atoms with Crippen molar-refractivity contribution in [2.75, 3.05) is 0 Å². The van der Waals surface area contributed by atoms with Gasteiger partial charge >= 0.3 is 0 Å². The molecule has 0 radical (unpaired) electrons. The summed E-state index contributed by atoms with van der Waals surface area (Å²) >= 11 is 0. The predicted octanol–water partition coefficient (Wildman–Crippen LogP) is 3.66. The first-order valence-corrected chi connectivity index (χ1v) is 5.97. The molecule has 6 unspecified atom stereocenters. The van der Waals surface area contributed by atoms with Crippen molar-refractivity contribution in [2.45, 2.75) is 26.7 Å². The Bertz CT molecular complexity index is 312. The van der Waals surface area contributed by atoms with E-state index in [1.165, 1.54) is 12.8 Å². The summed E-state index contributed by atoms with van der Waals surface area (Å²) in [6, 6.07) is 0. The van der Waals surface area contributed by atoms with E-state index in [4.69, 9.17) is 0 Å². The average molecular weight is 188 g/mol. The summed E-state index contributed by atoms with van der Waals surface area (Å²) in [6.45, 7) is 13.4. The molecule has 0 aromatic rings. The van der Waals surface area contributed by atoms with Crippen molar-refractivity contribution in [1.29, 1.82) is 0 Å². The summed E-state index contributed by atoms with van der Waals surface area (Å²) in [6.07, 6.45) is 2.70. The van der Waals surface area contributed by atoms with Gasteiger partial charge in [-0.2, -0.15) is 0 Å². The lowest BCUT2D eigenvalue weighted by atomic mass is 9.71. The first-order valence-electron chi connectivity index (χ1n) is 5.97. The molecule has 3 aliphatic rings. The molecule has 76 valence electrons. The molecule has 0 heteroatoms. The molecular weight excluding hydrogens is 168 g/mol. The Morgan fingerprint density at radius 3 is 2.64 bits per heavy atom. The topological polar surface area (TPSA) is 0 Å². The molecule has 0 saturated heterocycles. The Morgan fingerprint density at radius 2 is 1.93 bits per heavy atom. The van der Waals surface area contributed by atoms with Crippen molar-refractivity contribution in [2.24, 2.45) is 35.5 Å². The third-order valence-electron chi connectivity index (χ3n) is 5.28. The Kier molecular flexibility index (Phi) is 1.59. The highest BCUT2D eigenvalue weighted by molar-refractivity contribution is 5.30. The molecule has 0 nitrogen and oxygen atoms in total. The molecular formula is C14H20. The summed E-state index contributed by atoms with van der Waals surface area (Å²) in [5.74, 6) is 5.14. The van der Waals surface area contributed by atoms with E-state index < -0.39 is 0 Å². The van der Waals surface area contributed by atoms with Crippen molar-refractivity contribution in [3.63, 3.8) is 0 Å². The van der Waals surface area contributed by atoms with Crippen LogP contribution in [0.4, 0.5) is 0 Å². The molecule has 0 aromatic heterocycles. The highest BCUT2D eigenvalue weighted by Crippen LogP contribution is 2.65. The van der Waals surface area contributed by atoms with E-state index >= 15 is 0 Å². The molecule has 3 saturated carbocycles. The van der Waals surface area contributed by atoms with Gasteiger partial charge in [0.25, 0.3) is 0 Å². The standard InChI is InChI=1S/C14H20/c1-7-5-8(2)14-12-6-11(13(7)14)9(3)10(12)4/h8-9,11-14H,1,4-6H2,2-3H3. The summed E-state index contributed by atoms with van der Waals surface area (Å²) in [7, 11) is 0. The maximum atomic E-state index is 4.31. The Balaban J connectivity index is 2.01. The lowest BCUT2D eigenvalue weighted by Gasteiger charge is -2.33. The third kappa shape index (κ3) is 0.809. The van der Waals surface area contributed by atoms with Crippen molar-refractivity contribution in [1.82, 2.24) is 0 Å². The maximum absolute atomic E-state index is 4.31. The Morgan fingerprint density at radius 1 is 1.21 bits per heavy atom. The lowest BCUT2D eigenvalue weighted by Crippen LogP contribution is -2.27. The van der Waals surface area contributed by atoms with Gasteiger partial charge in [-0.05, 0) is 48.3 Å². The van der Waals surface area contributed by atoms with Gasteiger partial charge in [0.05, 0.1) is 0 Å². The van der Waals surface area contributed by atoms with Gasteiger partial charge in [-0.1, -0.05) is 38.2 Å². The molecule has 0 aromatic carbocycles. The number of rotatable bonds is 0. The molecule has 2 bridgehead atoms. The number of fused-ring (bicyclic) bond motifs is 5. The van der Waals surface area contributed by atoms with Crippen LogP contribution in [0.15, 0.2) is 24.3 Å². The van der Waals surface area contributed by atoms with Gasteiger partial charge in [0.1, 0.15) is 0 Å². The van der Waals surface area contributed by atoms with Crippen LogP contribution in [-0.2, 0) is 0 Å². The number of hydrogen-bond donors (Lipinski definition) is 0. The van der Waals surface area contributed by atoms with E-state index in [9.17, 15) is 0 Å². The molecule has 0 amide bonds. The van der Waals surface area contributed by atoms with E-state index in [0.29, 0.717) is 0 Å². The fourth-order valence-electron chi connectivity index (χ4n) is 4.67. The van der Waals surface area contributed by atoms with Gasteiger partial charge in [0.15, 0.2) is 0 Å². The van der Waals surface area contributed by atoms with E-state index in [2.05, 4.69) is 27.0 Å². The van der Waals surface area contributed by atoms with Crippen LogP contribution in [0.5, 0.6) is 0 Å². The zero-order valence-electron chi connectivity index (χ0n) is 9.29. The Labute approximate surface area is 87.1 Å². The van der Waals surface area contributed by atoms with Gasteiger partial charge in [0, 0.05) is 0 Å². The normalized spacial score (nSPS) is 55.6. The minimum absolute atomic E-state index is 0.767. The van der Waals surface area contributed by atoms with Crippen LogP contribution in [0.25, 0.3) is 0 Å². The first-order chi connectivity index (χ1) is 6.61. The zero-order chi connectivity index (χ0) is 10.0. The van der Waals surface area contributed by atoms with Gasteiger partial charge in [-0.25, -0.2) is 0 Å². The van der Waals surface area contributed by atoms with Crippen LogP contribution < -0.4 is 0 Å². The van der Waals surface area contributed by atoms with E-state index in [1.807, 2.05) is 0 Å². The van der Waals surface area contributed by atoms with Crippen molar-refractivity contribution < 1.29 is 0 Å². The third-order valence-corrected chi connectivity index (χ3v) is 5.28. The second-order valence-electron chi connectivity index (χ2n) is 5.81. The molecule has 0 N–H and O–H groups in total. The van der Waals surface area contributed by atoms with Gasteiger partial charge in [0.2, 0.25) is 0 Å². The van der Waals surface area contributed by atoms with Crippen LogP contribution >= 0.6 is 0 Å². The van der Waals surface area contributed by atoms with Crippen molar-refractivity contribution in [3.05, 3.63) is 24.3 Å². The predicted molar refractivity (Wildman–Crippen MR) is 59.8 cm³/mol. The van der Waals surface area contributed by atoms with Crippen LogP contribution in [-0.4, -0.2) is 0 Å². The Hall–Kier alpha value is -0.520. The summed E-state index contributed by atoms with van der Waals surface area (Å²) < 4.78 is 0. The van der Waals surface area contributed by atoms with Crippen LogP contribution in [0, 0.1) is 35.5 Å². The lowest BCUT2D eigenvalue weighted by molar-refractivity contribution is 0.243. The molecule has 3 fully saturated rings. The second-order valence-corrected chi connectivity index (χ2v) is 5.81. The highest BCUT2D eigenvalue weighted by Gasteiger charge is 2.57. The number of allylic oxidation sites excluding steroid dienone is 2. The van der Waals surface area contributed by atoms with Gasteiger partial charge in [-0.3, -0.25) is 0 Å². The molecule has 0 spiro atoms. The van der Waals surface area contributed by atoms with E-state index in [-0.39, 0.29) is 0 Å². The summed E-state index contributed by atoms with van der Waals surface area (Å²) in [4.78, 5) is 0. The van der Waals surface area contributed by atoms with Crippen LogP contribution in [0.2, 0.25) is 0 Å².